The molecule has 3 rings (SSSR count). The SMILES string of the molecule is CC(C)(C)OC(=O)N1CCN(c2nc(Cl)nc(N3CCN(C(=O)OC(C)(C)C)CC3)n2)CC1. The Morgan fingerprint density at radius 3 is 1.30 bits per heavy atom. The first-order valence-electron chi connectivity index (χ1n) is 11.2. The summed E-state index contributed by atoms with van der Waals surface area (Å²) in [6, 6.07) is 0. The molecule has 2 saturated heterocycles. The van der Waals surface area contributed by atoms with Gasteiger partial charge in [-0.3, -0.25) is 0 Å². The maximum Gasteiger partial charge on any atom is 0.410 e. The Labute approximate surface area is 200 Å². The lowest BCUT2D eigenvalue weighted by Crippen LogP contribution is -2.51. The van der Waals surface area contributed by atoms with Crippen LogP contribution in [0.4, 0.5) is 21.5 Å². The van der Waals surface area contributed by atoms with Crippen LogP contribution in [0.25, 0.3) is 0 Å². The minimum atomic E-state index is -0.529. The number of halogens is 1. The van der Waals surface area contributed by atoms with E-state index in [4.69, 9.17) is 21.1 Å². The van der Waals surface area contributed by atoms with Crippen molar-refractivity contribution in [1.82, 2.24) is 24.8 Å². The fourth-order valence-electron chi connectivity index (χ4n) is 3.44. The second kappa shape index (κ2) is 9.74. The summed E-state index contributed by atoms with van der Waals surface area (Å²) in [5, 5.41) is 0.110. The Hall–Kier alpha value is -2.56. The minimum absolute atomic E-state index is 0.110. The van der Waals surface area contributed by atoms with Crippen molar-refractivity contribution in [3.63, 3.8) is 0 Å². The number of rotatable bonds is 2. The van der Waals surface area contributed by atoms with Gasteiger partial charge >= 0.3 is 12.2 Å². The van der Waals surface area contributed by atoms with E-state index in [1.54, 1.807) is 9.80 Å². The van der Waals surface area contributed by atoms with Crippen LogP contribution in [0, 0.1) is 0 Å². The molecule has 3 heterocycles. The average molecular weight is 484 g/mol. The van der Waals surface area contributed by atoms with Crippen molar-refractivity contribution in [2.24, 2.45) is 0 Å². The van der Waals surface area contributed by atoms with Crippen molar-refractivity contribution in [3.8, 4) is 0 Å². The summed E-state index contributed by atoms with van der Waals surface area (Å²) in [6.07, 6.45) is -0.640. The number of ether oxygens (including phenoxy) is 2. The van der Waals surface area contributed by atoms with E-state index in [2.05, 4.69) is 15.0 Å². The van der Waals surface area contributed by atoms with Crippen molar-refractivity contribution >= 4 is 35.7 Å². The van der Waals surface area contributed by atoms with Gasteiger partial charge in [-0.15, -0.1) is 0 Å². The van der Waals surface area contributed by atoms with Crippen LogP contribution >= 0.6 is 11.6 Å². The van der Waals surface area contributed by atoms with Gasteiger partial charge in [0, 0.05) is 52.4 Å². The summed E-state index contributed by atoms with van der Waals surface area (Å²) in [5.74, 6) is 0.951. The third kappa shape index (κ3) is 7.21. The number of anilines is 2. The van der Waals surface area contributed by atoms with Crippen LogP contribution in [-0.4, -0.2) is 100 Å². The molecule has 0 aliphatic carbocycles. The highest BCUT2D eigenvalue weighted by molar-refractivity contribution is 6.28. The lowest BCUT2D eigenvalue weighted by Gasteiger charge is -2.37. The predicted molar refractivity (Wildman–Crippen MR) is 125 cm³/mol. The van der Waals surface area contributed by atoms with Crippen molar-refractivity contribution in [2.75, 3.05) is 62.2 Å². The predicted octanol–water partition coefficient (Wildman–Crippen LogP) is 2.64. The molecule has 12 heteroatoms. The molecule has 0 unspecified atom stereocenters. The van der Waals surface area contributed by atoms with Crippen molar-refractivity contribution in [3.05, 3.63) is 5.28 Å². The molecule has 33 heavy (non-hydrogen) atoms. The number of amides is 2. The van der Waals surface area contributed by atoms with Gasteiger partial charge in [0.05, 0.1) is 0 Å². The maximum atomic E-state index is 12.3. The summed E-state index contributed by atoms with van der Waals surface area (Å²) in [6.45, 7) is 15.4. The molecule has 11 nitrogen and oxygen atoms in total. The van der Waals surface area contributed by atoms with Crippen LogP contribution in [0.1, 0.15) is 41.5 Å². The summed E-state index contributed by atoms with van der Waals surface area (Å²) in [4.78, 5) is 45.1. The molecule has 0 saturated carbocycles. The molecule has 0 bridgehead atoms. The number of hydrogen-bond acceptors (Lipinski definition) is 9. The lowest BCUT2D eigenvalue weighted by molar-refractivity contribution is 0.0230. The monoisotopic (exact) mass is 483 g/mol. The first-order chi connectivity index (χ1) is 15.3. The molecular weight excluding hydrogens is 450 g/mol. The second-order valence-corrected chi connectivity index (χ2v) is 10.5. The molecule has 0 atom stereocenters. The molecule has 0 radical (unpaired) electrons. The lowest BCUT2D eigenvalue weighted by atomic mass is 10.2. The molecule has 2 fully saturated rings. The number of nitrogens with zero attached hydrogens (tertiary/aromatic N) is 7. The highest BCUT2D eigenvalue weighted by Gasteiger charge is 2.29. The summed E-state index contributed by atoms with van der Waals surface area (Å²) in [5.41, 5.74) is -1.06. The van der Waals surface area contributed by atoms with Crippen LogP contribution in [0.15, 0.2) is 0 Å². The van der Waals surface area contributed by atoms with Crippen molar-refractivity contribution in [1.29, 1.82) is 0 Å². The van der Waals surface area contributed by atoms with Gasteiger partial charge in [0.25, 0.3) is 0 Å². The van der Waals surface area contributed by atoms with E-state index in [-0.39, 0.29) is 17.5 Å². The normalized spacial score (nSPS) is 17.8. The van der Waals surface area contributed by atoms with E-state index in [1.807, 2.05) is 51.3 Å². The van der Waals surface area contributed by atoms with Gasteiger partial charge in [0.15, 0.2) is 0 Å². The first-order valence-corrected chi connectivity index (χ1v) is 11.6. The Morgan fingerprint density at radius 1 is 0.667 bits per heavy atom. The van der Waals surface area contributed by atoms with E-state index in [0.29, 0.717) is 64.3 Å². The van der Waals surface area contributed by atoms with E-state index >= 15 is 0 Å². The van der Waals surface area contributed by atoms with E-state index in [0.717, 1.165) is 0 Å². The van der Waals surface area contributed by atoms with Crippen LogP contribution in [0.3, 0.4) is 0 Å². The zero-order valence-corrected chi connectivity index (χ0v) is 21.1. The standard InChI is InChI=1S/C21H34ClN7O4/c1-20(2,3)32-18(30)28-11-7-26(8-12-28)16-23-15(22)24-17(25-16)27-9-13-29(14-10-27)19(31)33-21(4,5)6/h7-14H2,1-6H3. The Balaban J connectivity index is 1.59. The second-order valence-electron chi connectivity index (χ2n) is 10.1. The zero-order chi connectivity index (χ0) is 24.4. The van der Waals surface area contributed by atoms with E-state index in [9.17, 15) is 9.59 Å². The van der Waals surface area contributed by atoms with Gasteiger partial charge in [0.2, 0.25) is 17.2 Å². The summed E-state index contributed by atoms with van der Waals surface area (Å²) in [7, 11) is 0. The molecule has 1 aromatic rings. The third-order valence-electron chi connectivity index (χ3n) is 5.01. The molecule has 0 N–H and O–H groups in total. The summed E-state index contributed by atoms with van der Waals surface area (Å²) >= 11 is 6.21. The smallest absolute Gasteiger partial charge is 0.410 e. The van der Waals surface area contributed by atoms with Gasteiger partial charge < -0.3 is 29.1 Å². The topological polar surface area (TPSA) is 104 Å². The van der Waals surface area contributed by atoms with Crippen LogP contribution in [0.2, 0.25) is 5.28 Å². The molecule has 2 aliphatic heterocycles. The molecule has 1 aromatic heterocycles. The van der Waals surface area contributed by atoms with E-state index < -0.39 is 11.2 Å². The Bertz CT molecular complexity index is 789. The Morgan fingerprint density at radius 2 is 1.00 bits per heavy atom. The van der Waals surface area contributed by atoms with Gasteiger partial charge in [-0.2, -0.15) is 15.0 Å². The van der Waals surface area contributed by atoms with Gasteiger partial charge in [-0.1, -0.05) is 0 Å². The van der Waals surface area contributed by atoms with Crippen LogP contribution in [0.5, 0.6) is 0 Å². The quantitative estimate of drug-likeness (QED) is 0.627. The third-order valence-corrected chi connectivity index (χ3v) is 5.18. The number of piperazine rings is 2. The number of aromatic nitrogens is 3. The fraction of sp³-hybridized carbons (Fsp3) is 0.762. The number of carbonyl (C=O) groups is 2. The zero-order valence-electron chi connectivity index (χ0n) is 20.3. The highest BCUT2D eigenvalue weighted by Crippen LogP contribution is 2.21. The Kier molecular flexibility index (Phi) is 7.40. The summed E-state index contributed by atoms with van der Waals surface area (Å²) < 4.78 is 10.9. The minimum Gasteiger partial charge on any atom is -0.444 e. The number of carbonyl (C=O) groups excluding carboxylic acids is 2. The maximum absolute atomic E-state index is 12.3. The molecule has 2 aliphatic rings. The average Bonchev–Trinajstić information content (AvgIpc) is 2.71. The molecule has 0 spiro atoms. The van der Waals surface area contributed by atoms with E-state index in [1.165, 1.54) is 0 Å². The van der Waals surface area contributed by atoms with Gasteiger partial charge in [-0.25, -0.2) is 9.59 Å². The van der Waals surface area contributed by atoms with Crippen molar-refractivity contribution < 1.29 is 19.1 Å². The highest BCUT2D eigenvalue weighted by atomic mass is 35.5. The fourth-order valence-corrected chi connectivity index (χ4v) is 3.59. The number of hydrogen-bond donors (Lipinski definition) is 0. The van der Waals surface area contributed by atoms with Crippen LogP contribution < -0.4 is 9.80 Å². The molecule has 184 valence electrons. The largest absolute Gasteiger partial charge is 0.444 e. The van der Waals surface area contributed by atoms with Gasteiger partial charge in [-0.05, 0) is 53.1 Å². The van der Waals surface area contributed by atoms with Crippen LogP contribution in [-0.2, 0) is 9.47 Å². The van der Waals surface area contributed by atoms with Gasteiger partial charge in [0.1, 0.15) is 11.2 Å². The molecular formula is C21H34ClN7O4. The first kappa shape index (κ1) is 25.1. The molecule has 2 amide bonds. The van der Waals surface area contributed by atoms with Crippen molar-refractivity contribution in [2.45, 2.75) is 52.7 Å². The molecule has 0 aromatic carbocycles.